The maximum atomic E-state index is 6.02. The Morgan fingerprint density at radius 1 is 1.26 bits per heavy atom. The van der Waals surface area contributed by atoms with Gasteiger partial charge >= 0.3 is 0 Å². The molecule has 0 bridgehead atoms. The van der Waals surface area contributed by atoms with Gasteiger partial charge in [0.15, 0.2) is 11.5 Å². The van der Waals surface area contributed by atoms with E-state index in [0.717, 1.165) is 30.0 Å². The minimum absolute atomic E-state index is 0.0886. The molecule has 106 valence electrons. The Morgan fingerprint density at radius 3 is 2.68 bits per heavy atom. The molecule has 4 heteroatoms. The maximum absolute atomic E-state index is 6.02. The fourth-order valence-electron chi connectivity index (χ4n) is 2.51. The van der Waals surface area contributed by atoms with Gasteiger partial charge in [-0.1, -0.05) is 13.0 Å². The summed E-state index contributed by atoms with van der Waals surface area (Å²) in [4.78, 5) is 0. The van der Waals surface area contributed by atoms with E-state index in [-0.39, 0.29) is 12.2 Å². The third-order valence-corrected chi connectivity index (χ3v) is 3.59. The molecule has 2 rings (SSSR count). The Kier molecular flexibility index (Phi) is 4.66. The van der Waals surface area contributed by atoms with Crippen LogP contribution in [0.2, 0.25) is 0 Å². The van der Waals surface area contributed by atoms with Crippen molar-refractivity contribution in [1.29, 1.82) is 0 Å². The van der Waals surface area contributed by atoms with Gasteiger partial charge in [0.1, 0.15) is 12.2 Å². The van der Waals surface area contributed by atoms with Crippen molar-refractivity contribution in [2.75, 3.05) is 20.8 Å². The van der Waals surface area contributed by atoms with Crippen LogP contribution in [0.5, 0.6) is 11.5 Å². The van der Waals surface area contributed by atoms with Crippen LogP contribution in [-0.4, -0.2) is 39.0 Å². The van der Waals surface area contributed by atoms with E-state index in [0.29, 0.717) is 6.04 Å². The van der Waals surface area contributed by atoms with Crippen LogP contribution in [0, 0.1) is 6.92 Å². The lowest BCUT2D eigenvalue weighted by Gasteiger charge is -2.43. The molecular weight excluding hydrogens is 242 g/mol. The van der Waals surface area contributed by atoms with Gasteiger partial charge in [-0.25, -0.2) is 0 Å². The molecule has 0 aliphatic heterocycles. The fourth-order valence-corrected chi connectivity index (χ4v) is 2.51. The first-order valence-corrected chi connectivity index (χ1v) is 6.77. The van der Waals surface area contributed by atoms with E-state index in [4.69, 9.17) is 14.2 Å². The van der Waals surface area contributed by atoms with Gasteiger partial charge in [0, 0.05) is 19.6 Å². The zero-order valence-electron chi connectivity index (χ0n) is 12.1. The SMILES string of the molecule is CCNC1CC(Oc2ccc(C)cc2OC)C1OC. The Labute approximate surface area is 115 Å². The summed E-state index contributed by atoms with van der Waals surface area (Å²) >= 11 is 0. The van der Waals surface area contributed by atoms with Crippen LogP contribution in [0.25, 0.3) is 0 Å². The van der Waals surface area contributed by atoms with Crippen LogP contribution in [0.15, 0.2) is 18.2 Å². The average Bonchev–Trinajstić information content (AvgIpc) is 2.39. The third kappa shape index (κ3) is 3.01. The lowest BCUT2D eigenvalue weighted by molar-refractivity contribution is -0.0889. The van der Waals surface area contributed by atoms with Crippen LogP contribution >= 0.6 is 0 Å². The van der Waals surface area contributed by atoms with E-state index >= 15 is 0 Å². The Hall–Kier alpha value is -1.26. The Balaban J connectivity index is 2.02. The van der Waals surface area contributed by atoms with Crippen molar-refractivity contribution in [3.63, 3.8) is 0 Å². The molecule has 19 heavy (non-hydrogen) atoms. The van der Waals surface area contributed by atoms with E-state index in [1.165, 1.54) is 0 Å². The highest BCUT2D eigenvalue weighted by Gasteiger charge is 2.43. The van der Waals surface area contributed by atoms with Gasteiger partial charge in [0.05, 0.1) is 7.11 Å². The summed E-state index contributed by atoms with van der Waals surface area (Å²) in [5.74, 6) is 1.57. The summed E-state index contributed by atoms with van der Waals surface area (Å²) in [6, 6.07) is 6.36. The molecule has 1 fully saturated rings. The molecule has 0 spiro atoms. The molecule has 1 aliphatic rings. The van der Waals surface area contributed by atoms with Crippen LogP contribution < -0.4 is 14.8 Å². The quantitative estimate of drug-likeness (QED) is 0.855. The molecule has 1 aromatic rings. The van der Waals surface area contributed by atoms with Gasteiger partial charge < -0.3 is 19.5 Å². The van der Waals surface area contributed by atoms with Gasteiger partial charge in [-0.2, -0.15) is 0 Å². The molecule has 0 heterocycles. The summed E-state index contributed by atoms with van der Waals surface area (Å²) in [6.45, 7) is 5.09. The molecule has 0 aromatic heterocycles. The number of nitrogens with one attached hydrogen (secondary N) is 1. The maximum Gasteiger partial charge on any atom is 0.161 e. The molecule has 1 aliphatic carbocycles. The van der Waals surface area contributed by atoms with E-state index < -0.39 is 0 Å². The topological polar surface area (TPSA) is 39.7 Å². The molecule has 3 unspecified atom stereocenters. The van der Waals surface area contributed by atoms with Crippen molar-refractivity contribution >= 4 is 0 Å². The van der Waals surface area contributed by atoms with Gasteiger partial charge in [0.25, 0.3) is 0 Å². The van der Waals surface area contributed by atoms with Gasteiger partial charge in [0.2, 0.25) is 0 Å². The van der Waals surface area contributed by atoms with Crippen LogP contribution in [-0.2, 0) is 4.74 Å². The van der Waals surface area contributed by atoms with Crippen LogP contribution in [0.3, 0.4) is 0 Å². The zero-order valence-corrected chi connectivity index (χ0v) is 12.1. The van der Waals surface area contributed by atoms with Crippen molar-refractivity contribution in [2.24, 2.45) is 0 Å². The van der Waals surface area contributed by atoms with Crippen molar-refractivity contribution in [3.8, 4) is 11.5 Å². The third-order valence-electron chi connectivity index (χ3n) is 3.59. The summed E-state index contributed by atoms with van der Waals surface area (Å²) in [5.41, 5.74) is 1.16. The number of ether oxygens (including phenoxy) is 3. The average molecular weight is 265 g/mol. The molecule has 1 saturated carbocycles. The van der Waals surface area contributed by atoms with Gasteiger partial charge in [-0.3, -0.25) is 0 Å². The second-order valence-electron chi connectivity index (χ2n) is 4.91. The Bertz CT molecular complexity index is 422. The molecule has 0 saturated heterocycles. The highest BCUT2D eigenvalue weighted by atomic mass is 16.6. The minimum atomic E-state index is 0.0886. The highest BCUT2D eigenvalue weighted by molar-refractivity contribution is 5.42. The zero-order chi connectivity index (χ0) is 13.8. The van der Waals surface area contributed by atoms with Crippen molar-refractivity contribution in [3.05, 3.63) is 23.8 Å². The normalized spacial score (nSPS) is 25.8. The number of hydrogen-bond acceptors (Lipinski definition) is 4. The molecule has 3 atom stereocenters. The largest absolute Gasteiger partial charge is 0.493 e. The summed E-state index contributed by atoms with van der Waals surface area (Å²) in [5, 5.41) is 3.40. The monoisotopic (exact) mass is 265 g/mol. The predicted octanol–water partition coefficient (Wildman–Crippen LogP) is 2.15. The predicted molar refractivity (Wildman–Crippen MR) is 75.0 cm³/mol. The second-order valence-corrected chi connectivity index (χ2v) is 4.91. The standard InChI is InChI=1S/C15H23NO3/c1-5-16-11-9-14(15(11)18-4)19-12-7-6-10(2)8-13(12)17-3/h6-8,11,14-16H,5,9H2,1-4H3. The van der Waals surface area contributed by atoms with E-state index in [1.807, 2.05) is 25.1 Å². The number of benzene rings is 1. The van der Waals surface area contributed by atoms with Crippen molar-refractivity contribution < 1.29 is 14.2 Å². The Morgan fingerprint density at radius 2 is 2.05 bits per heavy atom. The second kappa shape index (κ2) is 6.26. The molecule has 0 amide bonds. The summed E-state index contributed by atoms with van der Waals surface area (Å²) < 4.78 is 16.9. The first-order chi connectivity index (χ1) is 9.19. The lowest BCUT2D eigenvalue weighted by atomic mass is 9.85. The first kappa shape index (κ1) is 14.2. The summed E-state index contributed by atoms with van der Waals surface area (Å²) in [6.07, 6.45) is 1.15. The highest BCUT2D eigenvalue weighted by Crippen LogP contribution is 2.34. The van der Waals surface area contributed by atoms with E-state index in [9.17, 15) is 0 Å². The van der Waals surface area contributed by atoms with Crippen LogP contribution in [0.4, 0.5) is 0 Å². The number of rotatable bonds is 6. The molecule has 1 N–H and O–H groups in total. The van der Waals surface area contributed by atoms with Gasteiger partial charge in [-0.05, 0) is 31.2 Å². The first-order valence-electron chi connectivity index (χ1n) is 6.77. The molecule has 4 nitrogen and oxygen atoms in total. The number of methoxy groups -OCH3 is 2. The van der Waals surface area contributed by atoms with E-state index in [1.54, 1.807) is 14.2 Å². The number of aryl methyl sites for hydroxylation is 1. The number of likely N-dealkylation sites (N-methyl/N-ethyl adjacent to an activating group) is 1. The fraction of sp³-hybridized carbons (Fsp3) is 0.600. The van der Waals surface area contributed by atoms with Gasteiger partial charge in [-0.15, -0.1) is 0 Å². The molecular formula is C15H23NO3. The smallest absolute Gasteiger partial charge is 0.161 e. The molecule has 1 aromatic carbocycles. The van der Waals surface area contributed by atoms with Crippen molar-refractivity contribution in [1.82, 2.24) is 5.32 Å². The lowest BCUT2D eigenvalue weighted by Crippen LogP contribution is -2.60. The summed E-state index contributed by atoms with van der Waals surface area (Å²) in [7, 11) is 3.40. The number of hydrogen-bond donors (Lipinski definition) is 1. The van der Waals surface area contributed by atoms with Crippen molar-refractivity contribution in [2.45, 2.75) is 38.5 Å². The minimum Gasteiger partial charge on any atom is -0.493 e. The van der Waals surface area contributed by atoms with Crippen LogP contribution in [0.1, 0.15) is 18.9 Å². The van der Waals surface area contributed by atoms with E-state index in [2.05, 4.69) is 12.2 Å². The molecule has 0 radical (unpaired) electrons.